The quantitative estimate of drug-likeness (QED) is 0.341. The van der Waals surface area contributed by atoms with Crippen LogP contribution < -0.4 is 5.19 Å². The fourth-order valence-electron chi connectivity index (χ4n) is 2.13. The van der Waals surface area contributed by atoms with Crippen molar-refractivity contribution in [1.82, 2.24) is 0 Å². The Balaban J connectivity index is 2.02. The van der Waals surface area contributed by atoms with Crippen LogP contribution in [0.25, 0.3) is 0 Å². The van der Waals surface area contributed by atoms with Crippen molar-refractivity contribution in [2.75, 3.05) is 0 Å². The zero-order valence-electron chi connectivity index (χ0n) is 11.7. The van der Waals surface area contributed by atoms with Gasteiger partial charge < -0.3 is 4.43 Å². The minimum atomic E-state index is -0.915. The van der Waals surface area contributed by atoms with E-state index in [2.05, 4.69) is 18.7 Å². The van der Waals surface area contributed by atoms with Gasteiger partial charge in [0.05, 0.1) is 17.1 Å². The Kier molecular flexibility index (Phi) is 5.42. The van der Waals surface area contributed by atoms with Crippen molar-refractivity contribution in [3.63, 3.8) is 0 Å². The van der Waals surface area contributed by atoms with E-state index in [0.29, 0.717) is 5.56 Å². The molecule has 108 valence electrons. The van der Waals surface area contributed by atoms with Crippen LogP contribution in [-0.4, -0.2) is 14.7 Å². The van der Waals surface area contributed by atoms with Crippen molar-refractivity contribution in [2.24, 2.45) is 0 Å². The minimum absolute atomic E-state index is 0.117. The van der Waals surface area contributed by atoms with Gasteiger partial charge in [0.1, 0.15) is 0 Å². The third-order valence-corrected chi connectivity index (χ3v) is 4.60. The van der Waals surface area contributed by atoms with Gasteiger partial charge in [-0.1, -0.05) is 42.5 Å². The summed E-state index contributed by atoms with van der Waals surface area (Å²) in [7, 11) is -0.915. The van der Waals surface area contributed by atoms with Crippen molar-refractivity contribution in [3.05, 3.63) is 82.4 Å². The van der Waals surface area contributed by atoms with Crippen LogP contribution in [0.4, 0.5) is 5.69 Å². The van der Waals surface area contributed by atoms with Crippen LogP contribution in [0.3, 0.4) is 0 Å². The van der Waals surface area contributed by atoms with Crippen molar-refractivity contribution in [2.45, 2.75) is 13.0 Å². The van der Waals surface area contributed by atoms with Gasteiger partial charge in [0.15, 0.2) is 9.76 Å². The first-order valence-electron chi connectivity index (χ1n) is 6.70. The van der Waals surface area contributed by atoms with Crippen molar-refractivity contribution >= 4 is 20.6 Å². The average Bonchev–Trinajstić information content (AvgIpc) is 2.49. The molecule has 21 heavy (non-hydrogen) atoms. The normalized spacial score (nSPS) is 10.9. The smallest absolute Gasteiger partial charge is 0.274 e. The fourth-order valence-corrected chi connectivity index (χ4v) is 3.36. The topological polar surface area (TPSA) is 52.4 Å². The van der Waals surface area contributed by atoms with E-state index >= 15 is 0 Å². The van der Waals surface area contributed by atoms with Gasteiger partial charge in [0, 0.05) is 6.07 Å². The molecule has 0 aliphatic heterocycles. The van der Waals surface area contributed by atoms with Gasteiger partial charge in [-0.25, -0.2) is 0 Å². The molecule has 0 N–H and O–H groups in total. The Morgan fingerprint density at radius 2 is 1.81 bits per heavy atom. The Hall–Kier alpha value is -2.24. The lowest BCUT2D eigenvalue weighted by Gasteiger charge is -2.08. The molecular formula is C16H17NO3Si. The number of benzene rings is 2. The second-order valence-electron chi connectivity index (χ2n) is 4.64. The molecule has 0 fully saturated rings. The molecule has 2 rings (SSSR count). The van der Waals surface area contributed by atoms with Crippen LogP contribution in [0.2, 0.25) is 0 Å². The molecule has 2 aromatic carbocycles. The van der Waals surface area contributed by atoms with Gasteiger partial charge in [-0.2, -0.15) is 0 Å². The summed E-state index contributed by atoms with van der Waals surface area (Å²) in [6.07, 6.45) is 2.69. The van der Waals surface area contributed by atoms with E-state index < -0.39 is 9.76 Å². The fraction of sp³-hybridized carbons (Fsp3) is 0.125. The summed E-state index contributed by atoms with van der Waals surface area (Å²) in [5.41, 5.74) is 1.96. The SMILES string of the molecule is C=CCc1ccccc1[SiH2]OCc1ccccc1[N+](=O)[O-]. The number of para-hydroxylation sites is 1. The third-order valence-electron chi connectivity index (χ3n) is 3.19. The second-order valence-corrected chi connectivity index (χ2v) is 6.10. The molecule has 0 saturated carbocycles. The van der Waals surface area contributed by atoms with Gasteiger partial charge in [-0.3, -0.25) is 10.1 Å². The highest BCUT2D eigenvalue weighted by Gasteiger charge is 2.12. The Bertz CT molecular complexity index is 643. The molecular weight excluding hydrogens is 282 g/mol. The molecule has 0 amide bonds. The molecule has 0 bridgehead atoms. The lowest BCUT2D eigenvalue weighted by Crippen LogP contribution is -2.21. The molecule has 0 atom stereocenters. The molecule has 0 saturated heterocycles. The lowest BCUT2D eigenvalue weighted by molar-refractivity contribution is -0.385. The first-order chi connectivity index (χ1) is 10.2. The molecule has 0 radical (unpaired) electrons. The first kappa shape index (κ1) is 15.2. The Morgan fingerprint density at radius 1 is 1.14 bits per heavy atom. The van der Waals surface area contributed by atoms with Crippen LogP contribution in [0.15, 0.2) is 61.2 Å². The molecule has 4 nitrogen and oxygen atoms in total. The standard InChI is InChI=1S/C16H17NO3Si/c1-2-7-13-8-4-6-11-16(13)21-20-12-14-9-3-5-10-15(14)17(18)19/h2-6,8-11H,1,7,12,21H2. The summed E-state index contributed by atoms with van der Waals surface area (Å²) >= 11 is 0. The molecule has 0 aliphatic rings. The zero-order valence-corrected chi connectivity index (χ0v) is 13.1. The van der Waals surface area contributed by atoms with E-state index in [1.165, 1.54) is 16.8 Å². The molecule has 2 aromatic rings. The third kappa shape index (κ3) is 4.11. The zero-order chi connectivity index (χ0) is 15.1. The second kappa shape index (κ2) is 7.52. The summed E-state index contributed by atoms with van der Waals surface area (Å²) < 4.78 is 5.78. The summed E-state index contributed by atoms with van der Waals surface area (Å²) in [6, 6.07) is 14.8. The van der Waals surface area contributed by atoms with Gasteiger partial charge in [0.2, 0.25) is 0 Å². The predicted octanol–water partition coefficient (Wildman–Crippen LogP) is 2.25. The highest BCUT2D eigenvalue weighted by atomic mass is 28.2. The predicted molar refractivity (Wildman–Crippen MR) is 86.4 cm³/mol. The van der Waals surface area contributed by atoms with Crippen LogP contribution >= 0.6 is 0 Å². The number of rotatable bonds is 7. The Labute approximate surface area is 126 Å². The minimum Gasteiger partial charge on any atom is -0.414 e. The maximum atomic E-state index is 10.9. The first-order valence-corrected chi connectivity index (χ1v) is 7.98. The van der Waals surface area contributed by atoms with Crippen LogP contribution in [0.5, 0.6) is 0 Å². The van der Waals surface area contributed by atoms with Crippen LogP contribution in [-0.2, 0) is 17.5 Å². The number of nitro groups is 1. The summed E-state index contributed by atoms with van der Waals surface area (Å²) in [4.78, 5) is 10.6. The molecule has 0 unspecified atom stereocenters. The van der Waals surface area contributed by atoms with E-state index in [0.717, 1.165) is 6.42 Å². The summed E-state index contributed by atoms with van der Waals surface area (Å²) in [5, 5.41) is 12.2. The number of hydrogen-bond donors (Lipinski definition) is 0. The number of nitrogens with zero attached hydrogens (tertiary/aromatic N) is 1. The summed E-state index contributed by atoms with van der Waals surface area (Å²) in [6.45, 7) is 4.04. The van der Waals surface area contributed by atoms with Crippen molar-refractivity contribution in [1.29, 1.82) is 0 Å². The monoisotopic (exact) mass is 299 g/mol. The number of nitro benzene ring substituents is 1. The largest absolute Gasteiger partial charge is 0.414 e. The maximum absolute atomic E-state index is 10.9. The van der Waals surface area contributed by atoms with Gasteiger partial charge in [0.25, 0.3) is 5.69 Å². The average molecular weight is 299 g/mol. The highest BCUT2D eigenvalue weighted by Crippen LogP contribution is 2.18. The van der Waals surface area contributed by atoms with Crippen molar-refractivity contribution in [3.8, 4) is 0 Å². The lowest BCUT2D eigenvalue weighted by atomic mass is 10.1. The molecule has 0 aliphatic carbocycles. The molecule has 5 heteroatoms. The number of hydrogen-bond acceptors (Lipinski definition) is 3. The van der Waals surface area contributed by atoms with E-state index in [-0.39, 0.29) is 17.2 Å². The van der Waals surface area contributed by atoms with E-state index in [9.17, 15) is 10.1 Å². The highest BCUT2D eigenvalue weighted by molar-refractivity contribution is 6.47. The molecule has 0 heterocycles. The van der Waals surface area contributed by atoms with E-state index in [4.69, 9.17) is 4.43 Å². The van der Waals surface area contributed by atoms with Crippen LogP contribution in [0, 0.1) is 10.1 Å². The van der Waals surface area contributed by atoms with Gasteiger partial charge in [-0.05, 0) is 23.2 Å². The van der Waals surface area contributed by atoms with Gasteiger partial charge >= 0.3 is 0 Å². The number of allylic oxidation sites excluding steroid dienone is 1. The molecule has 0 spiro atoms. The van der Waals surface area contributed by atoms with Crippen LogP contribution in [0.1, 0.15) is 11.1 Å². The maximum Gasteiger partial charge on any atom is 0.274 e. The van der Waals surface area contributed by atoms with Crippen molar-refractivity contribution < 1.29 is 9.35 Å². The van der Waals surface area contributed by atoms with E-state index in [1.54, 1.807) is 18.2 Å². The van der Waals surface area contributed by atoms with E-state index in [1.807, 2.05) is 18.2 Å². The van der Waals surface area contributed by atoms with Gasteiger partial charge in [-0.15, -0.1) is 6.58 Å². The Morgan fingerprint density at radius 3 is 2.52 bits per heavy atom. The summed E-state index contributed by atoms with van der Waals surface area (Å²) in [5.74, 6) is 0. The molecule has 0 aromatic heterocycles.